The van der Waals surface area contributed by atoms with Crippen molar-refractivity contribution in [3.8, 4) is 0 Å². The Balaban J connectivity index is 0.00000133. The molecule has 0 heterocycles. The van der Waals surface area contributed by atoms with Crippen molar-refractivity contribution in [2.75, 3.05) is 0 Å². The molecule has 0 nitrogen and oxygen atoms in total. The second-order valence-corrected chi connectivity index (χ2v) is 5.38. The zero-order valence-electron chi connectivity index (χ0n) is 11.6. The van der Waals surface area contributed by atoms with Crippen LogP contribution in [0.4, 0.5) is 0 Å². The summed E-state index contributed by atoms with van der Waals surface area (Å²) in [4.78, 5) is 0. The Morgan fingerprint density at radius 3 is 1.63 bits per heavy atom. The van der Waals surface area contributed by atoms with Crippen molar-refractivity contribution in [1.29, 1.82) is 0 Å². The van der Waals surface area contributed by atoms with Crippen molar-refractivity contribution in [1.82, 2.24) is 0 Å². The van der Waals surface area contributed by atoms with Crippen LogP contribution in [0.25, 0.3) is 0 Å². The molecule has 0 saturated heterocycles. The maximum atomic E-state index is 2.30. The van der Waals surface area contributed by atoms with Crippen LogP contribution in [-0.4, -0.2) is 0 Å². The van der Waals surface area contributed by atoms with Gasteiger partial charge in [-0.3, -0.25) is 0 Å². The van der Waals surface area contributed by atoms with E-state index in [-0.39, 0.29) is 18.6 Å². The van der Waals surface area contributed by atoms with E-state index in [4.69, 9.17) is 0 Å². The summed E-state index contributed by atoms with van der Waals surface area (Å²) in [7, 11) is 0. The summed E-state index contributed by atoms with van der Waals surface area (Å²) in [6.07, 6.45) is 2.31. The van der Waals surface area contributed by atoms with Gasteiger partial charge in [-0.1, -0.05) is 63.1 Å². The van der Waals surface area contributed by atoms with E-state index in [0.29, 0.717) is 5.92 Å². The van der Waals surface area contributed by atoms with E-state index in [1.807, 2.05) is 0 Å². The van der Waals surface area contributed by atoms with Crippen LogP contribution in [0.2, 0.25) is 0 Å². The van der Waals surface area contributed by atoms with Crippen LogP contribution in [0.1, 0.15) is 36.1 Å². The van der Waals surface area contributed by atoms with Gasteiger partial charge in [0.05, 0.1) is 0 Å². The first-order valence-corrected chi connectivity index (χ1v) is 6.81. The second kappa shape index (κ2) is 5.90. The Morgan fingerprint density at radius 1 is 0.789 bits per heavy atom. The average molecular weight is 286 g/mol. The Morgan fingerprint density at radius 2 is 1.21 bits per heavy atom. The van der Waals surface area contributed by atoms with Gasteiger partial charge in [-0.25, -0.2) is 0 Å². The fraction of sp³-hybridized carbons (Fsp3) is 0.278. The van der Waals surface area contributed by atoms with E-state index < -0.39 is 0 Å². The van der Waals surface area contributed by atoms with Crippen LogP contribution in [0, 0.1) is 11.8 Å². The van der Waals surface area contributed by atoms with Crippen LogP contribution < -0.4 is 0 Å². The summed E-state index contributed by atoms with van der Waals surface area (Å²) in [5.41, 5.74) is 5.91. The maximum absolute atomic E-state index is 2.30. The Bertz CT molecular complexity index is 510. The number of aryl methyl sites for hydroxylation is 2. The van der Waals surface area contributed by atoms with Crippen LogP contribution >= 0.6 is 0 Å². The van der Waals surface area contributed by atoms with Gasteiger partial charge in [0, 0.05) is 18.6 Å². The van der Waals surface area contributed by atoms with Gasteiger partial charge in [0.2, 0.25) is 0 Å². The normalized spacial score (nSPS) is 13.3. The zero-order valence-corrected chi connectivity index (χ0v) is 13.0. The van der Waals surface area contributed by atoms with Gasteiger partial charge >= 0.3 is 0 Å². The molecule has 0 bridgehead atoms. The van der Waals surface area contributed by atoms with E-state index >= 15 is 0 Å². The molecule has 0 aromatic heterocycles. The minimum atomic E-state index is 0. The zero-order chi connectivity index (χ0) is 12.5. The number of benzene rings is 2. The van der Waals surface area contributed by atoms with Crippen LogP contribution in [0.3, 0.4) is 0 Å². The smallest absolute Gasteiger partial charge is 0 e. The van der Waals surface area contributed by atoms with Gasteiger partial charge in [-0.15, -0.1) is 40.3 Å². The second-order valence-electron chi connectivity index (χ2n) is 5.38. The molecule has 1 aliphatic carbocycles. The third-order valence-corrected chi connectivity index (χ3v) is 3.86. The van der Waals surface area contributed by atoms with E-state index in [2.05, 4.69) is 62.4 Å². The molecule has 1 aliphatic rings. The number of rotatable bonds is 1. The maximum Gasteiger partial charge on any atom is 0 e. The summed E-state index contributed by atoms with van der Waals surface area (Å²) >= 11 is 0. The predicted molar refractivity (Wildman–Crippen MR) is 76.6 cm³/mol. The molecular formula is C18H19V-. The number of fused-ring (bicyclic) bond motifs is 2. The molecule has 1 radical (unpaired) electrons. The summed E-state index contributed by atoms with van der Waals surface area (Å²) in [5.74, 6) is 2.07. The molecule has 0 spiro atoms. The topological polar surface area (TPSA) is 0 Å². The first kappa shape index (κ1) is 14.3. The van der Waals surface area contributed by atoms with Gasteiger partial charge in [0.25, 0.3) is 0 Å². The first-order chi connectivity index (χ1) is 8.77. The molecule has 0 atom stereocenters. The molecule has 0 saturated carbocycles. The van der Waals surface area contributed by atoms with Crippen LogP contribution in [-0.2, 0) is 31.4 Å². The Kier molecular flexibility index (Phi) is 4.44. The molecule has 2 aromatic carbocycles. The van der Waals surface area contributed by atoms with Gasteiger partial charge in [-0.05, 0) is 5.92 Å². The van der Waals surface area contributed by atoms with Gasteiger partial charge in [-0.2, -0.15) is 0 Å². The molecule has 19 heavy (non-hydrogen) atoms. The molecule has 0 aliphatic heterocycles. The number of hydrogen-bond donors (Lipinski definition) is 0. The van der Waals surface area contributed by atoms with Crippen molar-refractivity contribution in [3.05, 3.63) is 76.7 Å². The monoisotopic (exact) mass is 286 g/mol. The molecule has 2 aromatic rings. The first-order valence-electron chi connectivity index (χ1n) is 6.81. The van der Waals surface area contributed by atoms with Gasteiger partial charge < -0.3 is 0 Å². The van der Waals surface area contributed by atoms with Crippen LogP contribution in [0.15, 0.2) is 48.5 Å². The molecule has 0 fully saturated rings. The predicted octanol–water partition coefficient (Wildman–Crippen LogP) is 4.41. The molecule has 0 N–H and O–H groups in total. The fourth-order valence-corrected chi connectivity index (χ4v) is 3.04. The molecule has 97 valence electrons. The molecule has 1 heteroatoms. The summed E-state index contributed by atoms with van der Waals surface area (Å²) in [6.45, 7) is 4.60. The Hall–Kier alpha value is -1.11. The van der Waals surface area contributed by atoms with Crippen LogP contribution in [0.5, 0.6) is 0 Å². The molecule has 0 amide bonds. The summed E-state index contributed by atoms with van der Waals surface area (Å²) in [6, 6.07) is 17.8. The molecular weight excluding hydrogens is 267 g/mol. The van der Waals surface area contributed by atoms with Crippen molar-refractivity contribution in [3.63, 3.8) is 0 Å². The Labute approximate surface area is 128 Å². The average Bonchev–Trinajstić information content (AvgIpc) is 2.55. The van der Waals surface area contributed by atoms with E-state index in [9.17, 15) is 0 Å². The largest absolute Gasteiger partial charge is 0.118 e. The molecule has 3 rings (SSSR count). The van der Waals surface area contributed by atoms with Gasteiger partial charge in [0.1, 0.15) is 0 Å². The summed E-state index contributed by atoms with van der Waals surface area (Å²) < 4.78 is 0. The minimum absolute atomic E-state index is 0. The van der Waals surface area contributed by atoms with Crippen molar-refractivity contribution >= 4 is 0 Å². The van der Waals surface area contributed by atoms with Crippen molar-refractivity contribution in [2.45, 2.75) is 26.7 Å². The SMILES string of the molecule is CC(C)[C-]1c2ccccc2CCc2ccccc21.[V]. The summed E-state index contributed by atoms with van der Waals surface area (Å²) in [5, 5.41) is 0. The minimum Gasteiger partial charge on any atom is -0.118 e. The quantitative estimate of drug-likeness (QED) is 0.681. The van der Waals surface area contributed by atoms with Crippen molar-refractivity contribution in [2.24, 2.45) is 5.92 Å². The van der Waals surface area contributed by atoms with E-state index in [1.165, 1.54) is 28.2 Å². The molecule has 0 unspecified atom stereocenters. The number of hydrogen-bond acceptors (Lipinski definition) is 0. The van der Waals surface area contributed by atoms with E-state index in [1.54, 1.807) is 0 Å². The third kappa shape index (κ3) is 2.61. The van der Waals surface area contributed by atoms with Gasteiger partial charge in [0.15, 0.2) is 0 Å². The van der Waals surface area contributed by atoms with Crippen molar-refractivity contribution < 1.29 is 18.6 Å². The fourth-order valence-electron chi connectivity index (χ4n) is 3.04. The van der Waals surface area contributed by atoms with E-state index in [0.717, 1.165) is 12.8 Å². The standard InChI is InChI=1S/C18H19.V/c1-13(2)18-16-9-5-3-7-14(16)11-12-15-8-4-6-10-17(15)18;/h3-10,13H,11-12H2,1-2H3;/q-1;. The third-order valence-electron chi connectivity index (χ3n) is 3.86.